The number of anilines is 2. The van der Waals surface area contributed by atoms with Gasteiger partial charge < -0.3 is 5.43 Å². The summed E-state index contributed by atoms with van der Waals surface area (Å²) in [4.78, 5) is 0.245. The third-order valence-electron chi connectivity index (χ3n) is 3.47. The first kappa shape index (κ1) is 17.3. The van der Waals surface area contributed by atoms with E-state index >= 15 is 0 Å². The van der Waals surface area contributed by atoms with Crippen molar-refractivity contribution < 1.29 is 8.42 Å². The molecule has 0 aliphatic rings. The zero-order valence-corrected chi connectivity index (χ0v) is 14.4. The molecule has 0 saturated carbocycles. The average molecular weight is 333 g/mol. The van der Waals surface area contributed by atoms with Crippen molar-refractivity contribution in [3.8, 4) is 0 Å². The molecule has 0 heterocycles. The molecule has 23 heavy (non-hydrogen) atoms. The lowest BCUT2D eigenvalue weighted by Gasteiger charge is -2.14. The monoisotopic (exact) mass is 333 g/mol. The van der Waals surface area contributed by atoms with Crippen LogP contribution in [0.5, 0.6) is 0 Å². The van der Waals surface area contributed by atoms with E-state index in [9.17, 15) is 8.42 Å². The van der Waals surface area contributed by atoms with E-state index in [1.807, 2.05) is 13.0 Å². The SMILES string of the molecule is Cc1ccc(S(=O)(=O)Nc2ccc(NN)c(CC(C)C)c2)cc1. The molecule has 6 heteroatoms. The zero-order chi connectivity index (χ0) is 17.0. The van der Waals surface area contributed by atoms with Gasteiger partial charge in [-0.05, 0) is 55.2 Å². The lowest BCUT2D eigenvalue weighted by atomic mass is 10.0. The highest BCUT2D eigenvalue weighted by atomic mass is 32.2. The lowest BCUT2D eigenvalue weighted by molar-refractivity contribution is 0.601. The molecular formula is C17H23N3O2S. The van der Waals surface area contributed by atoms with Gasteiger partial charge in [0.2, 0.25) is 0 Å². The summed E-state index contributed by atoms with van der Waals surface area (Å²) in [6, 6.07) is 12.1. The molecular weight excluding hydrogens is 310 g/mol. The number of nitrogens with two attached hydrogens (primary N) is 1. The van der Waals surface area contributed by atoms with Gasteiger partial charge in [0.1, 0.15) is 0 Å². The van der Waals surface area contributed by atoms with Gasteiger partial charge in [-0.2, -0.15) is 0 Å². The van der Waals surface area contributed by atoms with Crippen LogP contribution in [0.3, 0.4) is 0 Å². The number of sulfonamides is 1. The maximum Gasteiger partial charge on any atom is 0.261 e. The molecule has 0 unspecified atom stereocenters. The van der Waals surface area contributed by atoms with Crippen LogP contribution in [0.2, 0.25) is 0 Å². The minimum Gasteiger partial charge on any atom is -0.324 e. The van der Waals surface area contributed by atoms with Gasteiger partial charge in [0.15, 0.2) is 0 Å². The summed E-state index contributed by atoms with van der Waals surface area (Å²) in [5.74, 6) is 5.96. The molecule has 0 amide bonds. The normalized spacial score (nSPS) is 11.5. The molecule has 0 saturated heterocycles. The fourth-order valence-corrected chi connectivity index (χ4v) is 3.39. The number of hydrogen-bond acceptors (Lipinski definition) is 4. The second kappa shape index (κ2) is 7.02. The standard InChI is InChI=1S/C17H23N3O2S/c1-12(2)10-14-11-15(6-9-17(14)19-18)20-23(21,22)16-7-4-13(3)5-8-16/h4-9,11-12,19-20H,10,18H2,1-3H3. The van der Waals surface area contributed by atoms with Crippen molar-refractivity contribution >= 4 is 21.4 Å². The first-order valence-corrected chi connectivity index (χ1v) is 8.99. The summed E-state index contributed by atoms with van der Waals surface area (Å²) < 4.78 is 27.5. The topological polar surface area (TPSA) is 84.2 Å². The maximum absolute atomic E-state index is 12.4. The minimum absolute atomic E-state index is 0.245. The van der Waals surface area contributed by atoms with E-state index in [1.54, 1.807) is 36.4 Å². The van der Waals surface area contributed by atoms with E-state index in [4.69, 9.17) is 5.84 Å². The Morgan fingerprint density at radius 1 is 1.09 bits per heavy atom. The van der Waals surface area contributed by atoms with E-state index < -0.39 is 10.0 Å². The van der Waals surface area contributed by atoms with Crippen LogP contribution in [-0.2, 0) is 16.4 Å². The third kappa shape index (κ3) is 4.46. The zero-order valence-electron chi connectivity index (χ0n) is 13.6. The fourth-order valence-electron chi connectivity index (χ4n) is 2.34. The highest BCUT2D eigenvalue weighted by Gasteiger charge is 2.15. The Hall–Kier alpha value is -2.05. The first-order valence-electron chi connectivity index (χ1n) is 7.51. The van der Waals surface area contributed by atoms with Crippen LogP contribution in [0.4, 0.5) is 11.4 Å². The van der Waals surface area contributed by atoms with Gasteiger partial charge in [0, 0.05) is 5.69 Å². The predicted octanol–water partition coefficient (Wildman–Crippen LogP) is 3.28. The summed E-state index contributed by atoms with van der Waals surface area (Å²) in [6.07, 6.45) is 0.805. The largest absolute Gasteiger partial charge is 0.324 e. The number of benzene rings is 2. The van der Waals surface area contributed by atoms with Gasteiger partial charge in [0.25, 0.3) is 10.0 Å². The minimum atomic E-state index is -3.60. The van der Waals surface area contributed by atoms with E-state index in [1.165, 1.54) is 0 Å². The molecule has 0 aliphatic heterocycles. The molecule has 0 spiro atoms. The van der Waals surface area contributed by atoms with Gasteiger partial charge in [-0.3, -0.25) is 10.6 Å². The smallest absolute Gasteiger partial charge is 0.261 e. The van der Waals surface area contributed by atoms with Gasteiger partial charge in [0.05, 0.1) is 10.6 Å². The molecule has 124 valence electrons. The van der Waals surface area contributed by atoms with E-state index in [-0.39, 0.29) is 4.90 Å². The van der Waals surface area contributed by atoms with Crippen molar-refractivity contribution in [3.63, 3.8) is 0 Å². The molecule has 4 N–H and O–H groups in total. The molecule has 0 fully saturated rings. The highest BCUT2D eigenvalue weighted by Crippen LogP contribution is 2.24. The van der Waals surface area contributed by atoms with Crippen LogP contribution < -0.4 is 16.0 Å². The van der Waals surface area contributed by atoms with Crippen LogP contribution in [-0.4, -0.2) is 8.42 Å². The molecule has 0 aliphatic carbocycles. The van der Waals surface area contributed by atoms with Crippen molar-refractivity contribution in [1.29, 1.82) is 0 Å². The summed E-state index contributed by atoms with van der Waals surface area (Å²) in [5, 5.41) is 0. The Kier molecular flexibility index (Phi) is 5.28. The van der Waals surface area contributed by atoms with Crippen molar-refractivity contribution in [1.82, 2.24) is 0 Å². The molecule has 0 bridgehead atoms. The second-order valence-corrected chi connectivity index (χ2v) is 7.72. The summed E-state index contributed by atoms with van der Waals surface area (Å²) in [6.45, 7) is 6.12. The number of nitrogens with one attached hydrogen (secondary N) is 2. The quantitative estimate of drug-likeness (QED) is 0.559. The van der Waals surface area contributed by atoms with Gasteiger partial charge in [-0.15, -0.1) is 0 Å². The van der Waals surface area contributed by atoms with Gasteiger partial charge >= 0.3 is 0 Å². The Labute approximate surface area is 137 Å². The maximum atomic E-state index is 12.4. The Bertz CT molecular complexity index is 769. The van der Waals surface area contributed by atoms with Gasteiger partial charge in [-0.25, -0.2) is 8.42 Å². The predicted molar refractivity (Wildman–Crippen MR) is 94.8 cm³/mol. The first-order chi connectivity index (χ1) is 10.8. The summed E-state index contributed by atoms with van der Waals surface area (Å²) in [5.41, 5.74) is 5.98. The van der Waals surface area contributed by atoms with E-state index in [2.05, 4.69) is 24.0 Å². The summed E-state index contributed by atoms with van der Waals surface area (Å²) in [7, 11) is -3.60. The Morgan fingerprint density at radius 3 is 2.30 bits per heavy atom. The number of hydrogen-bond donors (Lipinski definition) is 3. The lowest BCUT2D eigenvalue weighted by Crippen LogP contribution is -2.14. The van der Waals surface area contributed by atoms with Crippen molar-refractivity contribution in [3.05, 3.63) is 53.6 Å². The average Bonchev–Trinajstić information content (AvgIpc) is 2.47. The fraction of sp³-hybridized carbons (Fsp3) is 0.294. The number of rotatable bonds is 6. The van der Waals surface area contributed by atoms with Crippen LogP contribution in [0.25, 0.3) is 0 Å². The molecule has 0 atom stereocenters. The van der Waals surface area contributed by atoms with Crippen molar-refractivity contribution in [2.24, 2.45) is 11.8 Å². The number of nitrogen functional groups attached to an aromatic ring is 1. The van der Waals surface area contributed by atoms with E-state index in [0.29, 0.717) is 11.6 Å². The molecule has 0 aromatic heterocycles. The van der Waals surface area contributed by atoms with Crippen LogP contribution >= 0.6 is 0 Å². The number of aryl methyl sites for hydroxylation is 1. The number of hydrazine groups is 1. The molecule has 2 aromatic rings. The summed E-state index contributed by atoms with van der Waals surface area (Å²) >= 11 is 0. The van der Waals surface area contributed by atoms with E-state index in [0.717, 1.165) is 23.2 Å². The van der Waals surface area contributed by atoms with Gasteiger partial charge in [-0.1, -0.05) is 31.5 Å². The third-order valence-corrected chi connectivity index (χ3v) is 4.87. The Morgan fingerprint density at radius 2 is 1.74 bits per heavy atom. The Balaban J connectivity index is 2.30. The van der Waals surface area contributed by atoms with Crippen LogP contribution in [0.1, 0.15) is 25.0 Å². The molecule has 0 radical (unpaired) electrons. The second-order valence-electron chi connectivity index (χ2n) is 6.03. The van der Waals surface area contributed by atoms with Crippen molar-refractivity contribution in [2.45, 2.75) is 32.1 Å². The molecule has 5 nitrogen and oxygen atoms in total. The molecule has 2 aromatic carbocycles. The molecule has 2 rings (SSSR count). The van der Waals surface area contributed by atoms with Crippen molar-refractivity contribution in [2.75, 3.05) is 10.1 Å². The van der Waals surface area contributed by atoms with Crippen LogP contribution in [0.15, 0.2) is 47.4 Å². The van der Waals surface area contributed by atoms with Crippen LogP contribution in [0, 0.1) is 12.8 Å². The highest BCUT2D eigenvalue weighted by molar-refractivity contribution is 7.92.